The Kier molecular flexibility index (Phi) is 9.96. The molecule has 5 fully saturated rings. The molecule has 3 amide bonds. The van der Waals surface area contributed by atoms with Gasteiger partial charge in [-0.15, -0.1) is 0 Å². The summed E-state index contributed by atoms with van der Waals surface area (Å²) in [6, 6.07) is 6.78. The number of carboxylic acid groups (broad SMARTS) is 1. The number of hydrogen-bond acceptors (Lipinski definition) is 5. The summed E-state index contributed by atoms with van der Waals surface area (Å²) < 4.78 is 5.38. The molecule has 10 atom stereocenters. The Labute approximate surface area is 334 Å². The van der Waals surface area contributed by atoms with Gasteiger partial charge in [0.15, 0.2) is 0 Å². The number of carbonyl (C=O) groups excluding carboxylic acids is 3. The van der Waals surface area contributed by atoms with E-state index >= 15 is 0 Å². The highest BCUT2D eigenvalue weighted by Crippen LogP contribution is 2.76. The fourth-order valence-corrected chi connectivity index (χ4v) is 14.2. The Morgan fingerprint density at radius 3 is 2.25 bits per heavy atom. The Bertz CT molecular complexity index is 1830. The van der Waals surface area contributed by atoms with Crippen molar-refractivity contribution in [2.45, 2.75) is 144 Å². The number of amides is 3. The van der Waals surface area contributed by atoms with Crippen molar-refractivity contribution in [3.8, 4) is 0 Å². The standard InChI is InChI=1S/C47H67N3O6/c1-28(2)31-17-23-47(49-37(51)27-50-26-20-34(39(50)52)48-41(55)56-42(3,4)5)25-24-45(9)33(38(31)47)15-16-36-44(8)21-18-32(29-11-13-30(14-12-29)40(53)54)43(6,7)35(44)19-22-46(36,45)10/h11-14,18,31,33-36,38H,1,15-17,19-27H2,2-10H3,(H,48,55)(H,49,51)(H,53,54)/t31-,33+,34?,35-,36+,38+,44-,45+,46+,47-/m0/s1. The summed E-state index contributed by atoms with van der Waals surface area (Å²) in [7, 11) is 0. The number of aromatic carboxylic acids is 1. The van der Waals surface area contributed by atoms with Gasteiger partial charge in [-0.3, -0.25) is 9.59 Å². The molecule has 7 rings (SSSR count). The van der Waals surface area contributed by atoms with Crippen LogP contribution in [0.5, 0.6) is 0 Å². The molecule has 5 aliphatic carbocycles. The van der Waals surface area contributed by atoms with Crippen LogP contribution < -0.4 is 10.6 Å². The molecule has 0 bridgehead atoms. The number of benzene rings is 1. The lowest BCUT2D eigenvalue weighted by Crippen LogP contribution is -2.68. The number of alkyl carbamates (subject to hydrolysis) is 1. The molecule has 9 nitrogen and oxygen atoms in total. The Morgan fingerprint density at radius 1 is 0.911 bits per heavy atom. The molecule has 1 heterocycles. The second-order valence-electron chi connectivity index (χ2n) is 21.1. The number of likely N-dealkylation sites (tertiary alicyclic amines) is 1. The molecule has 0 spiro atoms. The minimum Gasteiger partial charge on any atom is -0.478 e. The monoisotopic (exact) mass is 770 g/mol. The zero-order valence-electron chi connectivity index (χ0n) is 35.5. The van der Waals surface area contributed by atoms with E-state index in [0.29, 0.717) is 48.1 Å². The van der Waals surface area contributed by atoms with Gasteiger partial charge >= 0.3 is 12.1 Å². The number of rotatable bonds is 7. The van der Waals surface area contributed by atoms with E-state index in [4.69, 9.17) is 4.74 Å². The predicted octanol–water partition coefficient (Wildman–Crippen LogP) is 9.03. The van der Waals surface area contributed by atoms with Crippen LogP contribution in [-0.4, -0.2) is 64.2 Å². The zero-order valence-corrected chi connectivity index (χ0v) is 35.5. The number of nitrogens with zero attached hydrogens (tertiary/aromatic N) is 1. The minimum atomic E-state index is -0.894. The van der Waals surface area contributed by atoms with E-state index in [9.17, 15) is 24.3 Å². The van der Waals surface area contributed by atoms with E-state index in [1.165, 1.54) is 24.0 Å². The van der Waals surface area contributed by atoms with E-state index in [0.717, 1.165) is 50.5 Å². The quantitative estimate of drug-likeness (QED) is 0.238. The molecule has 1 aromatic rings. The molecule has 1 aromatic carbocycles. The topological polar surface area (TPSA) is 125 Å². The zero-order chi connectivity index (χ0) is 40.8. The van der Waals surface area contributed by atoms with Crippen LogP contribution in [0.2, 0.25) is 0 Å². The van der Waals surface area contributed by atoms with Gasteiger partial charge in [0, 0.05) is 12.1 Å². The Balaban J connectivity index is 1.11. The Morgan fingerprint density at radius 2 is 1.61 bits per heavy atom. The summed E-state index contributed by atoms with van der Waals surface area (Å²) in [4.78, 5) is 53.0. The smallest absolute Gasteiger partial charge is 0.408 e. The maximum atomic E-state index is 14.0. The summed E-state index contributed by atoms with van der Waals surface area (Å²) in [5.41, 5.74) is 3.36. The lowest BCUT2D eigenvalue weighted by Gasteiger charge is -2.72. The third-order valence-electron chi connectivity index (χ3n) is 16.8. The molecule has 6 aliphatic rings. The highest BCUT2D eigenvalue weighted by molar-refractivity contribution is 5.91. The molecule has 306 valence electrons. The maximum Gasteiger partial charge on any atom is 0.408 e. The molecule has 4 saturated carbocycles. The average Bonchev–Trinajstić information content (AvgIpc) is 3.63. The number of hydrogen-bond donors (Lipinski definition) is 3. The third kappa shape index (κ3) is 6.42. The first-order valence-corrected chi connectivity index (χ1v) is 21.4. The highest BCUT2D eigenvalue weighted by Gasteiger charge is 2.70. The largest absolute Gasteiger partial charge is 0.478 e. The molecule has 9 heteroatoms. The first-order chi connectivity index (χ1) is 26.1. The third-order valence-corrected chi connectivity index (χ3v) is 16.8. The lowest BCUT2D eigenvalue weighted by molar-refractivity contribution is -0.219. The first kappa shape index (κ1) is 40.6. The van der Waals surface area contributed by atoms with Gasteiger partial charge in [-0.2, -0.15) is 0 Å². The SMILES string of the molecule is C=C(C)[C@@H]1CC[C@]2(NC(=O)CN3CCC(NC(=O)OC(C)(C)C)C3=O)CC[C@]3(C)[C@H](CC[C@@H]4[C@@]5(C)CC=C(c6ccc(C(=O)O)cc6)C(C)(C)[C@@H]5CC[C@]43C)[C@@H]12. The van der Waals surface area contributed by atoms with Crippen molar-refractivity contribution < 1.29 is 29.0 Å². The molecule has 0 radical (unpaired) electrons. The van der Waals surface area contributed by atoms with E-state index in [1.807, 2.05) is 12.1 Å². The minimum absolute atomic E-state index is 0.00595. The molecule has 1 saturated heterocycles. The van der Waals surface area contributed by atoms with Crippen LogP contribution in [0.4, 0.5) is 4.79 Å². The highest BCUT2D eigenvalue weighted by atomic mass is 16.6. The summed E-state index contributed by atoms with van der Waals surface area (Å²) in [5, 5.41) is 15.8. The van der Waals surface area contributed by atoms with Crippen LogP contribution in [0.15, 0.2) is 42.5 Å². The van der Waals surface area contributed by atoms with Gasteiger partial charge in [0.1, 0.15) is 11.6 Å². The molecule has 1 aliphatic heterocycles. The number of nitrogens with one attached hydrogen (secondary N) is 2. The van der Waals surface area contributed by atoms with Crippen LogP contribution in [0, 0.1) is 51.2 Å². The number of ether oxygens (including phenoxy) is 1. The van der Waals surface area contributed by atoms with Gasteiger partial charge in [-0.05, 0) is 166 Å². The van der Waals surface area contributed by atoms with Crippen molar-refractivity contribution in [2.24, 2.45) is 51.2 Å². The van der Waals surface area contributed by atoms with Crippen LogP contribution in [0.1, 0.15) is 142 Å². The number of allylic oxidation sites excluding steroid dienone is 3. The molecular formula is C47H67N3O6. The average molecular weight is 770 g/mol. The van der Waals surface area contributed by atoms with Crippen molar-refractivity contribution in [2.75, 3.05) is 13.1 Å². The van der Waals surface area contributed by atoms with Gasteiger partial charge in [0.05, 0.1) is 12.1 Å². The first-order valence-electron chi connectivity index (χ1n) is 21.4. The number of fused-ring (bicyclic) bond motifs is 7. The van der Waals surface area contributed by atoms with Gasteiger partial charge in [0.25, 0.3) is 0 Å². The van der Waals surface area contributed by atoms with Crippen molar-refractivity contribution >= 4 is 29.5 Å². The van der Waals surface area contributed by atoms with Crippen molar-refractivity contribution in [3.05, 3.63) is 53.6 Å². The lowest BCUT2D eigenvalue weighted by atomic mass is 9.33. The number of carboxylic acids is 1. The fraction of sp³-hybridized carbons (Fsp3) is 0.702. The van der Waals surface area contributed by atoms with E-state index in [-0.39, 0.29) is 45.6 Å². The molecule has 1 unspecified atom stereocenters. The molecule has 3 N–H and O–H groups in total. The van der Waals surface area contributed by atoms with Gasteiger partial charge < -0.3 is 25.4 Å². The predicted molar refractivity (Wildman–Crippen MR) is 219 cm³/mol. The van der Waals surface area contributed by atoms with Crippen LogP contribution in [-0.2, 0) is 14.3 Å². The van der Waals surface area contributed by atoms with Crippen LogP contribution >= 0.6 is 0 Å². The second-order valence-corrected chi connectivity index (χ2v) is 21.1. The summed E-state index contributed by atoms with van der Waals surface area (Å²) in [5.74, 6) is 0.932. The van der Waals surface area contributed by atoms with Crippen LogP contribution in [0.25, 0.3) is 5.57 Å². The van der Waals surface area contributed by atoms with Crippen LogP contribution in [0.3, 0.4) is 0 Å². The van der Waals surface area contributed by atoms with Gasteiger partial charge in [0.2, 0.25) is 11.8 Å². The van der Waals surface area contributed by atoms with Crippen molar-refractivity contribution in [1.82, 2.24) is 15.5 Å². The fourth-order valence-electron chi connectivity index (χ4n) is 14.2. The van der Waals surface area contributed by atoms with E-state index < -0.39 is 23.7 Å². The van der Waals surface area contributed by atoms with E-state index in [1.54, 1.807) is 37.8 Å². The maximum absolute atomic E-state index is 14.0. The van der Waals surface area contributed by atoms with Gasteiger partial charge in [-0.1, -0.05) is 65.0 Å². The van der Waals surface area contributed by atoms with E-state index in [2.05, 4.69) is 64.8 Å². The summed E-state index contributed by atoms with van der Waals surface area (Å²) >= 11 is 0. The molecule has 56 heavy (non-hydrogen) atoms. The molecular weight excluding hydrogens is 703 g/mol. The van der Waals surface area contributed by atoms with Crippen molar-refractivity contribution in [3.63, 3.8) is 0 Å². The summed E-state index contributed by atoms with van der Waals surface area (Å²) in [6.07, 6.45) is 12.0. The summed E-state index contributed by atoms with van der Waals surface area (Å²) in [6.45, 7) is 25.1. The Hall–Kier alpha value is -3.62. The molecule has 0 aromatic heterocycles. The normalized spacial score (nSPS) is 38.6. The second kappa shape index (κ2) is 13.8. The van der Waals surface area contributed by atoms with Crippen molar-refractivity contribution in [1.29, 1.82) is 0 Å². The van der Waals surface area contributed by atoms with Gasteiger partial charge in [-0.25, -0.2) is 9.59 Å². The number of carbonyl (C=O) groups is 4.